The van der Waals surface area contributed by atoms with Gasteiger partial charge in [-0.25, -0.2) is 0 Å². The molecule has 2 aromatic carbocycles. The zero-order valence-electron chi connectivity index (χ0n) is 20.5. The van der Waals surface area contributed by atoms with Gasteiger partial charge < -0.3 is 19.1 Å². The quantitative estimate of drug-likeness (QED) is 0.343. The summed E-state index contributed by atoms with van der Waals surface area (Å²) >= 11 is 0. The fourth-order valence-corrected chi connectivity index (χ4v) is 4.68. The van der Waals surface area contributed by atoms with Crippen LogP contribution in [0.25, 0.3) is 0 Å². The first kappa shape index (κ1) is 25.9. The van der Waals surface area contributed by atoms with E-state index in [1.807, 2.05) is 60.7 Å². The van der Waals surface area contributed by atoms with Gasteiger partial charge in [-0.2, -0.15) is 0 Å². The van der Waals surface area contributed by atoms with Crippen LogP contribution in [0.1, 0.15) is 24.5 Å². The van der Waals surface area contributed by atoms with Crippen molar-refractivity contribution in [2.45, 2.75) is 64.6 Å². The SMILES string of the molecule is CC(=O)OC1[C@H](OCc2ccccc2)[C@@H](OCc2ccccc2)C(=O)N1CC/C=C\[Si](C)(C)C. The third-order valence-electron chi connectivity index (χ3n) is 5.41. The van der Waals surface area contributed by atoms with Crippen LogP contribution in [0.15, 0.2) is 72.4 Å². The van der Waals surface area contributed by atoms with E-state index >= 15 is 0 Å². The number of hydrogen-bond acceptors (Lipinski definition) is 5. The van der Waals surface area contributed by atoms with Gasteiger partial charge in [0.1, 0.15) is 6.10 Å². The van der Waals surface area contributed by atoms with Gasteiger partial charge in [-0.05, 0) is 17.5 Å². The molecule has 3 rings (SSSR count). The lowest BCUT2D eigenvalue weighted by atomic mass is 10.2. The second-order valence-electron chi connectivity index (χ2n) is 9.57. The fraction of sp³-hybridized carbons (Fsp3) is 0.407. The van der Waals surface area contributed by atoms with Crippen LogP contribution in [0.3, 0.4) is 0 Å². The molecule has 34 heavy (non-hydrogen) atoms. The van der Waals surface area contributed by atoms with Gasteiger partial charge in [0.25, 0.3) is 5.91 Å². The van der Waals surface area contributed by atoms with Crippen molar-refractivity contribution in [2.24, 2.45) is 0 Å². The molecule has 0 bridgehead atoms. The van der Waals surface area contributed by atoms with Crippen molar-refractivity contribution in [1.29, 1.82) is 0 Å². The highest BCUT2D eigenvalue weighted by atomic mass is 28.3. The van der Waals surface area contributed by atoms with Crippen LogP contribution in [-0.2, 0) is 37.0 Å². The summed E-state index contributed by atoms with van der Waals surface area (Å²) < 4.78 is 17.9. The highest BCUT2D eigenvalue weighted by molar-refractivity contribution is 6.80. The highest BCUT2D eigenvalue weighted by Gasteiger charge is 2.51. The van der Waals surface area contributed by atoms with Crippen LogP contribution in [0.5, 0.6) is 0 Å². The molecule has 1 unspecified atom stereocenters. The molecule has 6 nitrogen and oxygen atoms in total. The fourth-order valence-electron chi connectivity index (χ4n) is 3.81. The Labute approximate surface area is 203 Å². The molecule has 1 saturated heterocycles. The topological polar surface area (TPSA) is 65.1 Å². The summed E-state index contributed by atoms with van der Waals surface area (Å²) in [5, 5.41) is 0. The minimum Gasteiger partial charge on any atom is -0.439 e. The maximum absolute atomic E-state index is 13.4. The average molecular weight is 482 g/mol. The van der Waals surface area contributed by atoms with E-state index in [-0.39, 0.29) is 19.1 Å². The van der Waals surface area contributed by atoms with Crippen molar-refractivity contribution in [3.8, 4) is 0 Å². The first-order valence-electron chi connectivity index (χ1n) is 11.7. The lowest BCUT2D eigenvalue weighted by Gasteiger charge is -2.27. The van der Waals surface area contributed by atoms with E-state index in [1.54, 1.807) is 4.90 Å². The molecule has 0 aliphatic carbocycles. The van der Waals surface area contributed by atoms with Crippen molar-refractivity contribution < 1.29 is 23.8 Å². The molecular weight excluding hydrogens is 446 g/mol. The van der Waals surface area contributed by atoms with Crippen LogP contribution in [0.4, 0.5) is 0 Å². The summed E-state index contributed by atoms with van der Waals surface area (Å²) in [7, 11) is -1.34. The third kappa shape index (κ3) is 7.65. The van der Waals surface area contributed by atoms with Crippen LogP contribution < -0.4 is 0 Å². The molecule has 0 radical (unpaired) electrons. The largest absolute Gasteiger partial charge is 0.439 e. The summed E-state index contributed by atoms with van der Waals surface area (Å²) in [4.78, 5) is 27.0. The van der Waals surface area contributed by atoms with E-state index in [4.69, 9.17) is 14.2 Å². The Morgan fingerprint density at radius 3 is 2.03 bits per heavy atom. The zero-order valence-corrected chi connectivity index (χ0v) is 21.5. The van der Waals surface area contributed by atoms with Crippen LogP contribution >= 0.6 is 0 Å². The van der Waals surface area contributed by atoms with Gasteiger partial charge in [-0.3, -0.25) is 9.59 Å². The lowest BCUT2D eigenvalue weighted by molar-refractivity contribution is -0.171. The van der Waals surface area contributed by atoms with Crippen molar-refractivity contribution in [3.63, 3.8) is 0 Å². The summed E-state index contributed by atoms with van der Waals surface area (Å²) in [6.07, 6.45) is 0.345. The molecule has 0 N–H and O–H groups in total. The van der Waals surface area contributed by atoms with E-state index in [2.05, 4.69) is 31.4 Å². The number of likely N-dealkylation sites (tertiary alicyclic amines) is 1. The molecule has 1 heterocycles. The van der Waals surface area contributed by atoms with Gasteiger partial charge in [0.15, 0.2) is 6.10 Å². The van der Waals surface area contributed by atoms with E-state index in [1.165, 1.54) is 6.92 Å². The molecule has 2 aromatic rings. The Morgan fingerprint density at radius 2 is 1.50 bits per heavy atom. The second-order valence-corrected chi connectivity index (χ2v) is 14.6. The third-order valence-corrected chi connectivity index (χ3v) is 6.65. The average Bonchev–Trinajstić information content (AvgIpc) is 3.04. The molecule has 0 saturated carbocycles. The molecule has 1 aliphatic heterocycles. The summed E-state index contributed by atoms with van der Waals surface area (Å²) in [6.45, 7) is 9.09. The van der Waals surface area contributed by atoms with E-state index in [0.717, 1.165) is 11.1 Å². The molecule has 1 aliphatic rings. The second kappa shape index (κ2) is 12.1. The Hall–Kier alpha value is -2.74. The normalized spacial score (nSPS) is 20.8. The monoisotopic (exact) mass is 481 g/mol. The van der Waals surface area contributed by atoms with Gasteiger partial charge in [0, 0.05) is 13.5 Å². The number of nitrogens with zero attached hydrogens (tertiary/aromatic N) is 1. The number of carbonyl (C=O) groups is 2. The predicted molar refractivity (Wildman–Crippen MR) is 134 cm³/mol. The molecular formula is C27H35NO5Si. The van der Waals surface area contributed by atoms with Gasteiger partial charge in [-0.1, -0.05) is 92.1 Å². The molecule has 182 valence electrons. The van der Waals surface area contributed by atoms with Crippen molar-refractivity contribution in [3.05, 3.63) is 83.6 Å². The molecule has 0 spiro atoms. The zero-order chi connectivity index (χ0) is 24.6. The number of amides is 1. The summed E-state index contributed by atoms with van der Waals surface area (Å²) in [6, 6.07) is 19.4. The standard InChI is InChI=1S/C27H35NO5Si/c1-21(29)33-27-25(32-20-23-15-9-6-10-16-23)24(31-19-22-13-7-5-8-14-22)26(30)28(27)17-11-12-18-34(2,3)4/h5-10,12-16,18,24-25,27H,11,17,19-20H2,1-4H3/b18-12-/t24-,25-,27?/m1/s1. The maximum atomic E-state index is 13.4. The Morgan fingerprint density at radius 1 is 0.941 bits per heavy atom. The minimum absolute atomic E-state index is 0.221. The number of hydrogen-bond donors (Lipinski definition) is 0. The van der Waals surface area contributed by atoms with Crippen LogP contribution in [-0.4, -0.2) is 49.8 Å². The predicted octanol–water partition coefficient (Wildman–Crippen LogP) is 4.71. The summed E-state index contributed by atoms with van der Waals surface area (Å²) in [5.74, 6) is -0.681. The number of carbonyl (C=O) groups excluding carboxylic acids is 2. The van der Waals surface area contributed by atoms with Crippen molar-refractivity contribution >= 4 is 20.0 Å². The van der Waals surface area contributed by atoms with E-state index < -0.39 is 32.5 Å². The smallest absolute Gasteiger partial charge is 0.304 e. The molecule has 7 heteroatoms. The van der Waals surface area contributed by atoms with Crippen LogP contribution in [0, 0.1) is 0 Å². The van der Waals surface area contributed by atoms with E-state index in [9.17, 15) is 9.59 Å². The number of rotatable bonds is 11. The Balaban J connectivity index is 1.80. The number of ether oxygens (including phenoxy) is 3. The minimum atomic E-state index is -1.34. The van der Waals surface area contributed by atoms with Crippen molar-refractivity contribution in [2.75, 3.05) is 6.54 Å². The van der Waals surface area contributed by atoms with Crippen molar-refractivity contribution in [1.82, 2.24) is 4.90 Å². The van der Waals surface area contributed by atoms with Gasteiger partial charge in [0.2, 0.25) is 6.23 Å². The number of esters is 1. The molecule has 1 fully saturated rings. The molecule has 1 amide bonds. The maximum Gasteiger partial charge on any atom is 0.304 e. The first-order valence-corrected chi connectivity index (χ1v) is 15.3. The van der Waals surface area contributed by atoms with E-state index in [0.29, 0.717) is 13.0 Å². The molecule has 3 atom stereocenters. The number of benzene rings is 2. The first-order chi connectivity index (χ1) is 16.2. The summed E-state index contributed by atoms with van der Waals surface area (Å²) in [5.41, 5.74) is 4.17. The lowest BCUT2D eigenvalue weighted by Crippen LogP contribution is -2.42. The Bertz CT molecular complexity index is 958. The highest BCUT2D eigenvalue weighted by Crippen LogP contribution is 2.28. The van der Waals surface area contributed by atoms with Gasteiger partial charge >= 0.3 is 5.97 Å². The van der Waals surface area contributed by atoms with Gasteiger partial charge in [-0.15, -0.1) is 0 Å². The van der Waals surface area contributed by atoms with Crippen LogP contribution in [0.2, 0.25) is 19.6 Å². The van der Waals surface area contributed by atoms with Gasteiger partial charge in [0.05, 0.1) is 21.3 Å². The Kier molecular flexibility index (Phi) is 9.21. The molecule has 0 aromatic heterocycles.